The summed E-state index contributed by atoms with van der Waals surface area (Å²) in [7, 11) is 0. The highest BCUT2D eigenvalue weighted by Crippen LogP contribution is 2.41. The van der Waals surface area contributed by atoms with Crippen molar-refractivity contribution in [3.05, 3.63) is 194 Å². The van der Waals surface area contributed by atoms with Crippen LogP contribution in [0.2, 0.25) is 0 Å². The standard InChI is InChI=1S/C48H32O/c1-4-11-33(12-5-1)36-19-21-37(22-20-36)38-23-25-39(26-24-38)42-29-41(35-15-8-3-9-16-35)30-43(31-42)44-17-10-18-47-48(44)45-32-40(27-28-46(45)49-47)34-13-6-2-7-14-34/h1-32H. The van der Waals surface area contributed by atoms with Crippen molar-refractivity contribution in [1.82, 2.24) is 0 Å². The van der Waals surface area contributed by atoms with Crippen LogP contribution < -0.4 is 0 Å². The molecular weight excluding hydrogens is 593 g/mol. The average molecular weight is 625 g/mol. The summed E-state index contributed by atoms with van der Waals surface area (Å²) in [6.07, 6.45) is 0. The SMILES string of the molecule is c1ccc(-c2ccc(-c3ccc(-c4cc(-c5ccccc5)cc(-c5cccc6oc7ccc(-c8ccccc8)cc7c56)c4)cc3)cc2)cc1. The molecule has 0 amide bonds. The first-order chi connectivity index (χ1) is 24.3. The van der Waals surface area contributed by atoms with Gasteiger partial charge in [-0.2, -0.15) is 0 Å². The second-order valence-corrected chi connectivity index (χ2v) is 12.5. The molecule has 0 fully saturated rings. The van der Waals surface area contributed by atoms with E-state index in [1.807, 2.05) is 0 Å². The van der Waals surface area contributed by atoms with Crippen LogP contribution in [0.3, 0.4) is 0 Å². The van der Waals surface area contributed by atoms with Crippen LogP contribution >= 0.6 is 0 Å². The Kier molecular flexibility index (Phi) is 7.22. The molecule has 9 aromatic rings. The molecular formula is C48H32O. The lowest BCUT2D eigenvalue weighted by molar-refractivity contribution is 0.669. The Bertz CT molecular complexity index is 2540. The highest BCUT2D eigenvalue weighted by Gasteiger charge is 2.16. The number of hydrogen-bond donors (Lipinski definition) is 0. The maximum atomic E-state index is 6.42. The third-order valence-electron chi connectivity index (χ3n) is 9.50. The first kappa shape index (κ1) is 28.8. The van der Waals surface area contributed by atoms with Gasteiger partial charge in [-0.3, -0.25) is 0 Å². The van der Waals surface area contributed by atoms with Crippen molar-refractivity contribution in [2.24, 2.45) is 0 Å². The molecule has 0 aliphatic carbocycles. The average Bonchev–Trinajstić information content (AvgIpc) is 3.57. The van der Waals surface area contributed by atoms with E-state index in [0.29, 0.717) is 0 Å². The van der Waals surface area contributed by atoms with Gasteiger partial charge < -0.3 is 4.42 Å². The lowest BCUT2D eigenvalue weighted by Crippen LogP contribution is -1.87. The normalized spacial score (nSPS) is 11.3. The van der Waals surface area contributed by atoms with Gasteiger partial charge >= 0.3 is 0 Å². The van der Waals surface area contributed by atoms with Crippen LogP contribution in [0.4, 0.5) is 0 Å². The van der Waals surface area contributed by atoms with Crippen molar-refractivity contribution in [1.29, 1.82) is 0 Å². The third-order valence-corrected chi connectivity index (χ3v) is 9.50. The molecule has 0 spiro atoms. The van der Waals surface area contributed by atoms with E-state index < -0.39 is 0 Å². The Labute approximate surface area is 286 Å². The molecule has 0 atom stereocenters. The second-order valence-electron chi connectivity index (χ2n) is 12.5. The van der Waals surface area contributed by atoms with Crippen molar-refractivity contribution in [3.8, 4) is 66.8 Å². The smallest absolute Gasteiger partial charge is 0.136 e. The third kappa shape index (κ3) is 5.52. The molecule has 0 saturated heterocycles. The summed E-state index contributed by atoms with van der Waals surface area (Å²) < 4.78 is 6.42. The molecule has 1 aromatic heterocycles. The van der Waals surface area contributed by atoms with Gasteiger partial charge in [0.15, 0.2) is 0 Å². The fraction of sp³-hybridized carbons (Fsp3) is 0. The second kappa shape index (κ2) is 12.3. The number of rotatable bonds is 6. The topological polar surface area (TPSA) is 13.1 Å². The monoisotopic (exact) mass is 624 g/mol. The van der Waals surface area contributed by atoms with E-state index in [2.05, 4.69) is 194 Å². The van der Waals surface area contributed by atoms with Gasteiger partial charge in [0.1, 0.15) is 11.2 Å². The predicted molar refractivity (Wildman–Crippen MR) is 206 cm³/mol. The lowest BCUT2D eigenvalue weighted by atomic mass is 9.91. The number of furan rings is 1. The van der Waals surface area contributed by atoms with Crippen molar-refractivity contribution >= 4 is 21.9 Å². The molecule has 1 nitrogen and oxygen atoms in total. The largest absolute Gasteiger partial charge is 0.456 e. The summed E-state index contributed by atoms with van der Waals surface area (Å²) in [5.74, 6) is 0. The Morgan fingerprint density at radius 3 is 1.18 bits per heavy atom. The molecule has 0 aliphatic heterocycles. The minimum atomic E-state index is 0.895. The first-order valence-corrected chi connectivity index (χ1v) is 16.7. The van der Waals surface area contributed by atoms with E-state index in [1.165, 1.54) is 55.6 Å². The Balaban J connectivity index is 1.15. The highest BCUT2D eigenvalue weighted by molar-refractivity contribution is 6.13. The number of hydrogen-bond acceptors (Lipinski definition) is 1. The molecule has 0 saturated carbocycles. The minimum Gasteiger partial charge on any atom is -0.456 e. The van der Waals surface area contributed by atoms with E-state index in [1.54, 1.807) is 0 Å². The van der Waals surface area contributed by atoms with Crippen LogP contribution in [-0.4, -0.2) is 0 Å². The summed E-state index contributed by atoms with van der Waals surface area (Å²) in [6, 6.07) is 69.4. The predicted octanol–water partition coefficient (Wildman–Crippen LogP) is 13.6. The van der Waals surface area contributed by atoms with E-state index in [4.69, 9.17) is 4.42 Å². The van der Waals surface area contributed by atoms with Crippen LogP contribution in [-0.2, 0) is 0 Å². The molecule has 49 heavy (non-hydrogen) atoms. The molecule has 9 rings (SSSR count). The lowest BCUT2D eigenvalue weighted by Gasteiger charge is -2.13. The molecule has 0 unspecified atom stereocenters. The highest BCUT2D eigenvalue weighted by atomic mass is 16.3. The molecule has 1 heteroatoms. The maximum absolute atomic E-state index is 6.42. The van der Waals surface area contributed by atoms with Crippen LogP contribution in [0.5, 0.6) is 0 Å². The zero-order valence-corrected chi connectivity index (χ0v) is 26.9. The van der Waals surface area contributed by atoms with Gasteiger partial charge in [0.05, 0.1) is 0 Å². The van der Waals surface area contributed by atoms with E-state index in [9.17, 15) is 0 Å². The van der Waals surface area contributed by atoms with Gasteiger partial charge in [-0.15, -0.1) is 0 Å². The first-order valence-electron chi connectivity index (χ1n) is 16.7. The van der Waals surface area contributed by atoms with Crippen molar-refractivity contribution in [2.75, 3.05) is 0 Å². The number of benzene rings is 8. The van der Waals surface area contributed by atoms with Gasteiger partial charge in [-0.25, -0.2) is 0 Å². The van der Waals surface area contributed by atoms with Crippen molar-refractivity contribution in [3.63, 3.8) is 0 Å². The molecule has 0 radical (unpaired) electrons. The fourth-order valence-electron chi connectivity index (χ4n) is 6.97. The van der Waals surface area contributed by atoms with Crippen LogP contribution in [0.1, 0.15) is 0 Å². The van der Waals surface area contributed by atoms with Gasteiger partial charge in [0.2, 0.25) is 0 Å². The molecule has 8 aromatic carbocycles. The van der Waals surface area contributed by atoms with Crippen molar-refractivity contribution in [2.45, 2.75) is 0 Å². The van der Waals surface area contributed by atoms with E-state index in [0.717, 1.165) is 33.1 Å². The fourth-order valence-corrected chi connectivity index (χ4v) is 6.97. The van der Waals surface area contributed by atoms with E-state index >= 15 is 0 Å². The van der Waals surface area contributed by atoms with E-state index in [-0.39, 0.29) is 0 Å². The quantitative estimate of drug-likeness (QED) is 0.179. The van der Waals surface area contributed by atoms with Crippen molar-refractivity contribution < 1.29 is 4.42 Å². The van der Waals surface area contributed by atoms with Crippen LogP contribution in [0.15, 0.2) is 199 Å². The molecule has 0 aliphatic rings. The summed E-state index contributed by atoms with van der Waals surface area (Å²) in [6.45, 7) is 0. The van der Waals surface area contributed by atoms with Crippen LogP contribution in [0.25, 0.3) is 88.7 Å². The summed E-state index contributed by atoms with van der Waals surface area (Å²) in [5.41, 5.74) is 16.1. The molecule has 230 valence electrons. The molecule has 0 bridgehead atoms. The molecule has 0 N–H and O–H groups in total. The van der Waals surface area contributed by atoms with Gasteiger partial charge in [-0.05, 0) is 103 Å². The Hall–Kier alpha value is -6.44. The molecule has 1 heterocycles. The maximum Gasteiger partial charge on any atom is 0.136 e. The summed E-state index contributed by atoms with van der Waals surface area (Å²) in [5, 5.41) is 2.27. The van der Waals surface area contributed by atoms with Crippen LogP contribution in [0, 0.1) is 0 Å². The number of fused-ring (bicyclic) bond motifs is 3. The van der Waals surface area contributed by atoms with Gasteiger partial charge in [-0.1, -0.05) is 158 Å². The van der Waals surface area contributed by atoms with Gasteiger partial charge in [0.25, 0.3) is 0 Å². The zero-order chi connectivity index (χ0) is 32.6. The Morgan fingerprint density at radius 2 is 0.653 bits per heavy atom. The summed E-state index contributed by atoms with van der Waals surface area (Å²) >= 11 is 0. The minimum absolute atomic E-state index is 0.895. The zero-order valence-electron chi connectivity index (χ0n) is 26.9. The van der Waals surface area contributed by atoms with Gasteiger partial charge in [0, 0.05) is 10.8 Å². The summed E-state index contributed by atoms with van der Waals surface area (Å²) in [4.78, 5) is 0. The Morgan fingerprint density at radius 1 is 0.245 bits per heavy atom.